The lowest BCUT2D eigenvalue weighted by Gasteiger charge is -2.04. The molecule has 5 rings (SSSR count). The summed E-state index contributed by atoms with van der Waals surface area (Å²) in [6.07, 6.45) is 5.05. The molecule has 5 heteroatoms. The Labute approximate surface area is 197 Å². The van der Waals surface area contributed by atoms with E-state index < -0.39 is 5.97 Å². The summed E-state index contributed by atoms with van der Waals surface area (Å²) in [6.45, 7) is 0. The number of hydrogen-bond acceptors (Lipinski definition) is 4. The number of carbonyl (C=O) groups excluding carboxylic acids is 1. The lowest BCUT2D eigenvalue weighted by atomic mass is 10.1. The largest absolute Gasteiger partial charge is 0.497 e. The first kappa shape index (κ1) is 21.2. The molecule has 0 bridgehead atoms. The van der Waals surface area contributed by atoms with Crippen molar-refractivity contribution in [3.05, 3.63) is 115 Å². The number of rotatable bonds is 6. The molecular formula is C29H22N2O3. The van der Waals surface area contributed by atoms with Crippen molar-refractivity contribution in [2.45, 2.75) is 0 Å². The minimum atomic E-state index is -0.455. The molecule has 0 N–H and O–H groups in total. The number of benzene rings is 4. The number of hydrogen-bond donors (Lipinski definition) is 0. The number of para-hydroxylation sites is 1. The van der Waals surface area contributed by atoms with Gasteiger partial charge in [-0.25, -0.2) is 9.48 Å². The number of fused-ring (bicyclic) bond motifs is 1. The minimum absolute atomic E-state index is 0.455. The standard InChI is InChI=1S/C29H22N2O3/c1-33-26-15-12-22(13-16-26)29-24(20-31(30-29)25-9-3-2-4-10-25)14-18-28(32)34-27-17-11-21-7-5-6-8-23(21)19-27/h2-20H,1H3/b18-14-. The first-order chi connectivity index (χ1) is 16.7. The molecule has 0 aliphatic rings. The molecular weight excluding hydrogens is 424 g/mol. The summed E-state index contributed by atoms with van der Waals surface area (Å²) in [5.74, 6) is 0.814. The predicted octanol–water partition coefficient (Wildman–Crippen LogP) is 6.32. The fraction of sp³-hybridized carbons (Fsp3) is 0.0345. The monoisotopic (exact) mass is 446 g/mol. The Balaban J connectivity index is 1.43. The Hall–Kier alpha value is -4.64. The second-order valence-corrected chi connectivity index (χ2v) is 7.71. The van der Waals surface area contributed by atoms with Gasteiger partial charge in [0.05, 0.1) is 18.5 Å². The summed E-state index contributed by atoms with van der Waals surface area (Å²) in [5, 5.41) is 6.88. The number of esters is 1. The van der Waals surface area contributed by atoms with E-state index in [9.17, 15) is 4.79 Å². The molecule has 5 aromatic rings. The lowest BCUT2D eigenvalue weighted by Crippen LogP contribution is -2.03. The molecule has 0 radical (unpaired) electrons. The van der Waals surface area contributed by atoms with Crippen molar-refractivity contribution < 1.29 is 14.3 Å². The molecule has 0 atom stereocenters. The van der Waals surface area contributed by atoms with Gasteiger partial charge >= 0.3 is 5.97 Å². The van der Waals surface area contributed by atoms with Gasteiger partial charge in [-0.2, -0.15) is 5.10 Å². The quantitative estimate of drug-likeness (QED) is 0.174. The second kappa shape index (κ2) is 9.46. The summed E-state index contributed by atoms with van der Waals surface area (Å²) in [4.78, 5) is 12.6. The van der Waals surface area contributed by atoms with E-state index in [4.69, 9.17) is 14.6 Å². The number of nitrogens with zero attached hydrogens (tertiary/aromatic N) is 2. The van der Waals surface area contributed by atoms with Crippen LogP contribution in [0.2, 0.25) is 0 Å². The molecule has 0 saturated heterocycles. The van der Waals surface area contributed by atoms with E-state index in [0.717, 1.165) is 39.0 Å². The highest BCUT2D eigenvalue weighted by Gasteiger charge is 2.12. The van der Waals surface area contributed by atoms with Gasteiger partial charge in [-0.1, -0.05) is 48.5 Å². The molecule has 4 aromatic carbocycles. The molecule has 34 heavy (non-hydrogen) atoms. The normalized spacial score (nSPS) is 11.1. The molecule has 166 valence electrons. The van der Waals surface area contributed by atoms with Gasteiger partial charge in [0.1, 0.15) is 11.5 Å². The Morgan fingerprint density at radius 1 is 0.824 bits per heavy atom. The number of aromatic nitrogens is 2. The third kappa shape index (κ3) is 4.59. The Morgan fingerprint density at radius 3 is 2.29 bits per heavy atom. The third-order valence-electron chi connectivity index (χ3n) is 5.47. The van der Waals surface area contributed by atoms with E-state index >= 15 is 0 Å². The van der Waals surface area contributed by atoms with Crippen LogP contribution in [0.5, 0.6) is 11.5 Å². The highest BCUT2D eigenvalue weighted by atomic mass is 16.5. The average molecular weight is 447 g/mol. The minimum Gasteiger partial charge on any atom is -0.497 e. The smallest absolute Gasteiger partial charge is 0.336 e. The van der Waals surface area contributed by atoms with E-state index in [1.54, 1.807) is 23.9 Å². The summed E-state index contributed by atoms with van der Waals surface area (Å²) in [7, 11) is 1.63. The van der Waals surface area contributed by atoms with Crippen LogP contribution in [0.15, 0.2) is 109 Å². The van der Waals surface area contributed by atoms with Gasteiger partial charge < -0.3 is 9.47 Å². The molecule has 1 aromatic heterocycles. The van der Waals surface area contributed by atoms with Crippen LogP contribution in [0.1, 0.15) is 5.56 Å². The summed E-state index contributed by atoms with van der Waals surface area (Å²) < 4.78 is 12.6. The summed E-state index contributed by atoms with van der Waals surface area (Å²) in [5.41, 5.74) is 3.39. The molecule has 5 nitrogen and oxygen atoms in total. The predicted molar refractivity (Wildman–Crippen MR) is 134 cm³/mol. The van der Waals surface area contributed by atoms with Crippen LogP contribution >= 0.6 is 0 Å². The molecule has 0 fully saturated rings. The SMILES string of the molecule is COc1ccc(-c2nn(-c3ccccc3)cc2/C=C\C(=O)Oc2ccc3ccccc3c2)cc1. The molecule has 0 aliphatic heterocycles. The van der Waals surface area contributed by atoms with E-state index in [1.807, 2.05) is 97.2 Å². The fourth-order valence-corrected chi connectivity index (χ4v) is 3.73. The van der Waals surface area contributed by atoms with Crippen LogP contribution in [0.4, 0.5) is 0 Å². The number of methoxy groups -OCH3 is 1. The van der Waals surface area contributed by atoms with Crippen LogP contribution in [0.3, 0.4) is 0 Å². The molecule has 0 saturated carbocycles. The average Bonchev–Trinajstić information content (AvgIpc) is 3.32. The van der Waals surface area contributed by atoms with Crippen molar-refractivity contribution in [3.8, 4) is 28.4 Å². The van der Waals surface area contributed by atoms with Gasteiger partial charge in [0.15, 0.2) is 0 Å². The van der Waals surface area contributed by atoms with Crippen molar-refractivity contribution in [1.29, 1.82) is 0 Å². The van der Waals surface area contributed by atoms with Gasteiger partial charge in [-0.15, -0.1) is 0 Å². The van der Waals surface area contributed by atoms with Gasteiger partial charge in [0.25, 0.3) is 0 Å². The third-order valence-corrected chi connectivity index (χ3v) is 5.47. The lowest BCUT2D eigenvalue weighted by molar-refractivity contribution is -0.128. The van der Waals surface area contributed by atoms with Gasteiger partial charge in [0.2, 0.25) is 0 Å². The van der Waals surface area contributed by atoms with Gasteiger partial charge in [-0.3, -0.25) is 0 Å². The topological polar surface area (TPSA) is 53.4 Å². The first-order valence-electron chi connectivity index (χ1n) is 10.9. The van der Waals surface area contributed by atoms with Crippen molar-refractivity contribution in [2.75, 3.05) is 7.11 Å². The maximum Gasteiger partial charge on any atom is 0.336 e. The van der Waals surface area contributed by atoms with E-state index in [2.05, 4.69) is 0 Å². The van der Waals surface area contributed by atoms with Crippen molar-refractivity contribution in [2.24, 2.45) is 0 Å². The molecule has 0 spiro atoms. The van der Waals surface area contributed by atoms with E-state index in [1.165, 1.54) is 6.08 Å². The van der Waals surface area contributed by atoms with Crippen LogP contribution in [0, 0.1) is 0 Å². The van der Waals surface area contributed by atoms with Crippen LogP contribution in [0.25, 0.3) is 33.8 Å². The fourth-order valence-electron chi connectivity index (χ4n) is 3.73. The number of carbonyl (C=O) groups is 1. The molecule has 0 unspecified atom stereocenters. The number of ether oxygens (including phenoxy) is 2. The first-order valence-corrected chi connectivity index (χ1v) is 10.9. The zero-order chi connectivity index (χ0) is 23.3. The van der Waals surface area contributed by atoms with Crippen LogP contribution in [-0.4, -0.2) is 22.9 Å². The van der Waals surface area contributed by atoms with Crippen LogP contribution in [-0.2, 0) is 4.79 Å². The van der Waals surface area contributed by atoms with Crippen LogP contribution < -0.4 is 9.47 Å². The van der Waals surface area contributed by atoms with E-state index in [0.29, 0.717) is 5.75 Å². The highest BCUT2D eigenvalue weighted by molar-refractivity contribution is 5.91. The second-order valence-electron chi connectivity index (χ2n) is 7.71. The highest BCUT2D eigenvalue weighted by Crippen LogP contribution is 2.27. The Kier molecular flexibility index (Phi) is 5.91. The molecule has 0 aliphatic carbocycles. The molecule has 0 amide bonds. The van der Waals surface area contributed by atoms with Gasteiger partial charge in [0, 0.05) is 23.4 Å². The van der Waals surface area contributed by atoms with Crippen molar-refractivity contribution in [1.82, 2.24) is 9.78 Å². The van der Waals surface area contributed by atoms with E-state index in [-0.39, 0.29) is 0 Å². The summed E-state index contributed by atoms with van der Waals surface area (Å²) >= 11 is 0. The van der Waals surface area contributed by atoms with Gasteiger partial charge in [-0.05, 0) is 65.4 Å². The Morgan fingerprint density at radius 2 is 1.53 bits per heavy atom. The maximum absolute atomic E-state index is 12.6. The van der Waals surface area contributed by atoms with Crippen molar-refractivity contribution in [3.63, 3.8) is 0 Å². The zero-order valence-electron chi connectivity index (χ0n) is 18.6. The maximum atomic E-state index is 12.6. The Bertz CT molecular complexity index is 1470. The summed E-state index contributed by atoms with van der Waals surface area (Å²) in [6, 6.07) is 31.0. The molecule has 1 heterocycles. The van der Waals surface area contributed by atoms with Crippen molar-refractivity contribution >= 4 is 22.8 Å². The zero-order valence-corrected chi connectivity index (χ0v) is 18.6.